The molecule has 1 atom stereocenters. The van der Waals surface area contributed by atoms with Crippen LogP contribution >= 0.6 is 34.8 Å². The number of hydrazone groups is 1. The maximum absolute atomic E-state index is 13.7. The minimum absolute atomic E-state index is 0.0776. The van der Waals surface area contributed by atoms with Gasteiger partial charge in [-0.15, -0.1) is 5.10 Å². The molecule has 2 aromatic rings. The zero-order valence-corrected chi connectivity index (χ0v) is 14.8. The maximum Gasteiger partial charge on any atom is 0.334 e. The average molecular weight is 396 g/mol. The summed E-state index contributed by atoms with van der Waals surface area (Å²) in [7, 11) is 1.36. The molecule has 122 valence electrons. The van der Waals surface area contributed by atoms with E-state index in [0.29, 0.717) is 10.8 Å². The number of hydrogen-bond donors (Lipinski definition) is 0. The minimum atomic E-state index is -1.98. The predicted octanol–water partition coefficient (Wildman–Crippen LogP) is 4.62. The van der Waals surface area contributed by atoms with Crippen LogP contribution in [0, 0.1) is 5.82 Å². The highest BCUT2D eigenvalue weighted by molar-refractivity contribution is 7.78. The lowest BCUT2D eigenvalue weighted by Gasteiger charge is -2.13. The van der Waals surface area contributed by atoms with Crippen LogP contribution < -0.4 is 4.18 Å². The summed E-state index contributed by atoms with van der Waals surface area (Å²) in [5, 5.41) is 4.19. The van der Waals surface area contributed by atoms with Crippen molar-refractivity contribution in [3.8, 4) is 5.75 Å². The van der Waals surface area contributed by atoms with Crippen molar-refractivity contribution in [3.05, 3.63) is 63.9 Å². The average Bonchev–Trinajstić information content (AvgIpc) is 2.49. The van der Waals surface area contributed by atoms with E-state index in [9.17, 15) is 8.60 Å². The molecule has 0 aliphatic carbocycles. The molecule has 2 aromatic carbocycles. The molecule has 0 radical (unpaired) electrons. The Hall–Kier alpha value is -1.34. The molecule has 4 nitrogen and oxygen atoms in total. The maximum atomic E-state index is 13.7. The van der Waals surface area contributed by atoms with Crippen molar-refractivity contribution >= 4 is 51.2 Å². The summed E-state index contributed by atoms with van der Waals surface area (Å²) >= 11 is 15.6. The third-order valence-corrected chi connectivity index (χ3v) is 4.27. The Morgan fingerprint density at radius 1 is 1.22 bits per heavy atom. The molecule has 0 amide bonds. The van der Waals surface area contributed by atoms with Crippen LogP contribution in [0.4, 0.5) is 4.39 Å². The molecule has 0 heterocycles. The molecule has 0 aliphatic rings. The van der Waals surface area contributed by atoms with Crippen molar-refractivity contribution in [2.24, 2.45) is 5.10 Å². The normalized spacial score (nSPS) is 12.8. The Morgan fingerprint density at radius 3 is 2.48 bits per heavy atom. The van der Waals surface area contributed by atoms with Gasteiger partial charge in [0, 0.05) is 12.1 Å². The van der Waals surface area contributed by atoms with Crippen LogP contribution in [0.5, 0.6) is 5.75 Å². The van der Waals surface area contributed by atoms with E-state index in [1.807, 2.05) is 0 Å². The van der Waals surface area contributed by atoms with Crippen LogP contribution in [0.2, 0.25) is 10.0 Å². The second kappa shape index (κ2) is 7.97. The first-order valence-electron chi connectivity index (χ1n) is 6.16. The fourth-order valence-electron chi connectivity index (χ4n) is 1.53. The van der Waals surface area contributed by atoms with Crippen molar-refractivity contribution in [3.63, 3.8) is 0 Å². The summed E-state index contributed by atoms with van der Waals surface area (Å²) in [6.45, 7) is 0. The van der Waals surface area contributed by atoms with Gasteiger partial charge in [-0.25, -0.2) is 4.39 Å². The third-order valence-electron chi connectivity index (χ3n) is 2.59. The van der Waals surface area contributed by atoms with Crippen molar-refractivity contribution in [1.82, 2.24) is 4.41 Å². The fourth-order valence-corrected chi connectivity index (χ4v) is 2.84. The van der Waals surface area contributed by atoms with Crippen LogP contribution in [0.3, 0.4) is 0 Å². The number of hydrogen-bond acceptors (Lipinski definition) is 3. The molecule has 0 aliphatic heterocycles. The van der Waals surface area contributed by atoms with Crippen molar-refractivity contribution in [1.29, 1.82) is 0 Å². The summed E-state index contributed by atoms with van der Waals surface area (Å²) < 4.78 is 31.9. The van der Waals surface area contributed by atoms with Crippen molar-refractivity contribution in [2.45, 2.75) is 0 Å². The lowest BCUT2D eigenvalue weighted by Crippen LogP contribution is -2.21. The van der Waals surface area contributed by atoms with Gasteiger partial charge in [-0.3, -0.25) is 0 Å². The number of halogens is 4. The molecule has 2 rings (SSSR count). The van der Waals surface area contributed by atoms with Crippen molar-refractivity contribution < 1.29 is 12.8 Å². The van der Waals surface area contributed by atoms with Gasteiger partial charge in [0.15, 0.2) is 5.17 Å². The van der Waals surface area contributed by atoms with Gasteiger partial charge in [-0.1, -0.05) is 40.9 Å². The molecule has 9 heteroatoms. The highest BCUT2D eigenvalue weighted by Gasteiger charge is 2.15. The van der Waals surface area contributed by atoms with Crippen molar-refractivity contribution in [2.75, 3.05) is 7.05 Å². The van der Waals surface area contributed by atoms with E-state index in [1.54, 1.807) is 24.3 Å². The molecule has 0 N–H and O–H groups in total. The van der Waals surface area contributed by atoms with Gasteiger partial charge in [0.2, 0.25) is 0 Å². The van der Waals surface area contributed by atoms with E-state index < -0.39 is 17.1 Å². The summed E-state index contributed by atoms with van der Waals surface area (Å²) in [6.07, 6.45) is 0. The Kier molecular flexibility index (Phi) is 6.24. The lowest BCUT2D eigenvalue weighted by atomic mass is 10.2. The Labute approximate surface area is 150 Å². The second-order valence-corrected chi connectivity index (χ2v) is 6.54. The van der Waals surface area contributed by atoms with Gasteiger partial charge in [-0.05, 0) is 36.4 Å². The van der Waals surface area contributed by atoms with Gasteiger partial charge in [0.25, 0.3) is 0 Å². The summed E-state index contributed by atoms with van der Waals surface area (Å²) in [6, 6.07) is 10.4. The highest BCUT2D eigenvalue weighted by Crippen LogP contribution is 2.22. The molecule has 0 saturated carbocycles. The van der Waals surface area contributed by atoms with E-state index >= 15 is 0 Å². The summed E-state index contributed by atoms with van der Waals surface area (Å²) in [5.74, 6) is -0.307. The summed E-state index contributed by atoms with van der Waals surface area (Å²) in [4.78, 5) is 0. The van der Waals surface area contributed by atoms with E-state index in [1.165, 1.54) is 25.2 Å². The Morgan fingerprint density at radius 2 is 1.87 bits per heavy atom. The van der Waals surface area contributed by atoms with E-state index in [2.05, 4.69) is 5.10 Å². The monoisotopic (exact) mass is 394 g/mol. The fraction of sp³-hybridized carbons (Fsp3) is 0.0714. The quantitative estimate of drug-likeness (QED) is 0.547. The van der Waals surface area contributed by atoms with Gasteiger partial charge in [0.05, 0.1) is 10.6 Å². The largest absolute Gasteiger partial charge is 0.384 e. The van der Waals surface area contributed by atoms with Crippen LogP contribution in [0.1, 0.15) is 5.56 Å². The predicted molar refractivity (Wildman–Crippen MR) is 91.8 cm³/mol. The first-order valence-corrected chi connectivity index (χ1v) is 8.33. The van der Waals surface area contributed by atoms with E-state index in [0.717, 1.165) is 4.41 Å². The Balaban J connectivity index is 2.14. The SMILES string of the molecule is CN(N=C(Cl)c1c(F)cccc1Cl)S(=O)Oc1ccc(Cl)cc1. The first-order chi connectivity index (χ1) is 10.9. The van der Waals surface area contributed by atoms with Crippen LogP contribution in [0.25, 0.3) is 0 Å². The lowest BCUT2D eigenvalue weighted by molar-refractivity contribution is 0.468. The zero-order valence-electron chi connectivity index (χ0n) is 11.7. The molecule has 1 unspecified atom stereocenters. The van der Waals surface area contributed by atoms with Gasteiger partial charge < -0.3 is 4.18 Å². The number of nitrogens with zero attached hydrogens (tertiary/aromatic N) is 2. The molecule has 0 saturated heterocycles. The third kappa shape index (κ3) is 4.81. The molecule has 23 heavy (non-hydrogen) atoms. The van der Waals surface area contributed by atoms with Crippen LogP contribution in [0.15, 0.2) is 47.6 Å². The van der Waals surface area contributed by atoms with Crippen LogP contribution in [-0.2, 0) is 11.3 Å². The molecule has 0 fully saturated rings. The zero-order chi connectivity index (χ0) is 17.0. The molecule has 0 bridgehead atoms. The van der Waals surface area contributed by atoms with Crippen LogP contribution in [-0.4, -0.2) is 20.8 Å². The first kappa shape index (κ1) is 18.0. The highest BCUT2D eigenvalue weighted by atomic mass is 35.5. The smallest absolute Gasteiger partial charge is 0.334 e. The minimum Gasteiger partial charge on any atom is -0.384 e. The molecular formula is C14H10Cl3FN2O2S. The number of rotatable bonds is 5. The molecule has 0 aromatic heterocycles. The molecular weight excluding hydrogens is 386 g/mol. The van der Waals surface area contributed by atoms with E-state index in [4.69, 9.17) is 39.0 Å². The Bertz CT molecular complexity index is 736. The van der Waals surface area contributed by atoms with Gasteiger partial charge in [0.1, 0.15) is 11.6 Å². The topological polar surface area (TPSA) is 41.9 Å². The molecule has 0 spiro atoms. The van der Waals surface area contributed by atoms with Gasteiger partial charge >= 0.3 is 11.3 Å². The van der Waals surface area contributed by atoms with Gasteiger partial charge in [-0.2, -0.15) is 8.62 Å². The van der Waals surface area contributed by atoms with E-state index in [-0.39, 0.29) is 15.8 Å². The number of benzene rings is 2. The second-order valence-electron chi connectivity index (χ2n) is 4.21. The standard InChI is InChI=1S/C14H10Cl3FN2O2S/c1-20(23(21)22-10-7-5-9(15)6-8-10)19-14(17)13-11(16)3-2-4-12(13)18/h2-8H,1H3. The summed E-state index contributed by atoms with van der Waals surface area (Å²) in [5.41, 5.74) is -0.0776.